The minimum Gasteiger partial charge on any atom is -0.396 e. The van der Waals surface area contributed by atoms with E-state index in [9.17, 15) is 4.79 Å². The third-order valence-electron chi connectivity index (χ3n) is 5.45. The van der Waals surface area contributed by atoms with Crippen LogP contribution in [0.25, 0.3) is 22.2 Å². The number of fused-ring (bicyclic) bond motifs is 1. The molecule has 0 saturated heterocycles. The Kier molecular flexibility index (Phi) is 5.48. The molecule has 0 aliphatic rings. The van der Waals surface area contributed by atoms with Gasteiger partial charge in [0.15, 0.2) is 0 Å². The van der Waals surface area contributed by atoms with Crippen molar-refractivity contribution >= 4 is 22.5 Å². The van der Waals surface area contributed by atoms with Crippen molar-refractivity contribution in [2.75, 3.05) is 5.73 Å². The summed E-state index contributed by atoms with van der Waals surface area (Å²) in [7, 11) is 0. The van der Waals surface area contributed by atoms with Crippen LogP contribution in [-0.2, 0) is 0 Å². The number of anilines is 1. The van der Waals surface area contributed by atoms with Crippen LogP contribution >= 0.6 is 0 Å². The Labute approximate surface area is 176 Å². The van der Waals surface area contributed by atoms with Crippen molar-refractivity contribution < 1.29 is 4.79 Å². The molecule has 4 heteroatoms. The van der Waals surface area contributed by atoms with Crippen LogP contribution in [0.3, 0.4) is 0 Å². The molecule has 4 nitrogen and oxygen atoms in total. The summed E-state index contributed by atoms with van der Waals surface area (Å²) in [5.74, 6) is -0.179. The summed E-state index contributed by atoms with van der Waals surface area (Å²) in [6.07, 6.45) is 0.781. The molecule has 0 saturated carbocycles. The second-order valence-electron chi connectivity index (χ2n) is 7.43. The molecule has 0 radical (unpaired) electrons. The molecule has 30 heavy (non-hydrogen) atoms. The fourth-order valence-corrected chi connectivity index (χ4v) is 3.89. The van der Waals surface area contributed by atoms with Crippen LogP contribution in [0.5, 0.6) is 0 Å². The van der Waals surface area contributed by atoms with Crippen LogP contribution in [0.15, 0.2) is 78.9 Å². The van der Waals surface area contributed by atoms with Crippen LogP contribution in [0, 0.1) is 6.92 Å². The Balaban J connectivity index is 1.86. The highest BCUT2D eigenvalue weighted by Crippen LogP contribution is 2.34. The summed E-state index contributed by atoms with van der Waals surface area (Å²) in [5, 5.41) is 3.99. The van der Waals surface area contributed by atoms with E-state index in [2.05, 4.69) is 12.2 Å². The average Bonchev–Trinajstić information content (AvgIpc) is 2.78. The third kappa shape index (κ3) is 3.64. The lowest BCUT2D eigenvalue weighted by Crippen LogP contribution is -2.29. The van der Waals surface area contributed by atoms with E-state index >= 15 is 0 Å². The van der Waals surface area contributed by atoms with Crippen molar-refractivity contribution in [2.24, 2.45) is 0 Å². The number of carbonyl (C=O) groups excluding carboxylic acids is 1. The quantitative estimate of drug-likeness (QED) is 0.457. The van der Waals surface area contributed by atoms with Gasteiger partial charge in [0.25, 0.3) is 5.91 Å². The third-order valence-corrected chi connectivity index (χ3v) is 5.45. The first kappa shape index (κ1) is 19.6. The van der Waals surface area contributed by atoms with Gasteiger partial charge in [0.05, 0.1) is 28.5 Å². The first-order valence-electron chi connectivity index (χ1n) is 10.2. The summed E-state index contributed by atoms with van der Waals surface area (Å²) < 4.78 is 0. The minimum absolute atomic E-state index is 0.0921. The molecule has 0 fully saturated rings. The van der Waals surface area contributed by atoms with Gasteiger partial charge in [-0.15, -0.1) is 0 Å². The molecule has 1 heterocycles. The molecule has 0 aliphatic heterocycles. The van der Waals surface area contributed by atoms with Crippen molar-refractivity contribution in [3.63, 3.8) is 0 Å². The molecule has 4 aromatic rings. The lowest BCUT2D eigenvalue weighted by atomic mass is 9.97. The van der Waals surface area contributed by atoms with Gasteiger partial charge in [-0.05, 0) is 30.5 Å². The second-order valence-corrected chi connectivity index (χ2v) is 7.43. The maximum atomic E-state index is 13.5. The molecule has 0 aliphatic carbocycles. The molecular formula is C26H25N3O. The van der Waals surface area contributed by atoms with Gasteiger partial charge < -0.3 is 11.1 Å². The number of amides is 1. The Hall–Kier alpha value is -3.66. The van der Waals surface area contributed by atoms with Gasteiger partial charge >= 0.3 is 0 Å². The Morgan fingerprint density at radius 1 is 0.967 bits per heavy atom. The number of aryl methyl sites for hydroxylation is 1. The van der Waals surface area contributed by atoms with Crippen molar-refractivity contribution in [3.8, 4) is 11.3 Å². The van der Waals surface area contributed by atoms with Gasteiger partial charge in [0.1, 0.15) is 0 Å². The maximum absolute atomic E-state index is 13.5. The molecule has 1 amide bonds. The Morgan fingerprint density at radius 3 is 2.30 bits per heavy atom. The number of carbonyl (C=O) groups is 1. The fourth-order valence-electron chi connectivity index (χ4n) is 3.89. The predicted molar refractivity (Wildman–Crippen MR) is 123 cm³/mol. The largest absolute Gasteiger partial charge is 0.396 e. The first-order chi connectivity index (χ1) is 14.6. The zero-order chi connectivity index (χ0) is 21.1. The van der Waals surface area contributed by atoms with Gasteiger partial charge in [-0.2, -0.15) is 0 Å². The van der Waals surface area contributed by atoms with Crippen molar-refractivity contribution in [1.82, 2.24) is 10.3 Å². The predicted octanol–water partition coefficient (Wildman–Crippen LogP) is 5.67. The smallest absolute Gasteiger partial charge is 0.254 e. The van der Waals surface area contributed by atoms with Gasteiger partial charge in [-0.25, -0.2) is 4.98 Å². The maximum Gasteiger partial charge on any atom is 0.254 e. The molecule has 3 N–H and O–H groups in total. The molecule has 1 unspecified atom stereocenters. The number of benzene rings is 3. The molecule has 0 spiro atoms. The zero-order valence-electron chi connectivity index (χ0n) is 17.2. The molecule has 1 aromatic heterocycles. The molecule has 4 rings (SSSR count). The standard InChI is InChI=1S/C26H25N3O/c1-3-20(18-12-6-4-7-13-18)29-26(30)23-22-17(2)11-10-16-21(22)28-25(24(23)27)19-14-8-5-9-15-19/h4-16,20H,3,27H2,1-2H3,(H,29,30). The van der Waals surface area contributed by atoms with Gasteiger partial charge in [0, 0.05) is 10.9 Å². The molecule has 0 bridgehead atoms. The highest BCUT2D eigenvalue weighted by atomic mass is 16.1. The van der Waals surface area contributed by atoms with Crippen LogP contribution < -0.4 is 11.1 Å². The van der Waals surface area contributed by atoms with E-state index in [1.54, 1.807) is 0 Å². The van der Waals surface area contributed by atoms with Crippen LogP contribution in [0.1, 0.15) is 40.9 Å². The van der Waals surface area contributed by atoms with Crippen molar-refractivity contribution in [1.29, 1.82) is 0 Å². The van der Waals surface area contributed by atoms with E-state index in [1.807, 2.05) is 85.8 Å². The number of aromatic nitrogens is 1. The fraction of sp³-hybridized carbons (Fsp3) is 0.154. The summed E-state index contributed by atoms with van der Waals surface area (Å²) in [6, 6.07) is 25.5. The van der Waals surface area contributed by atoms with Crippen LogP contribution in [0.2, 0.25) is 0 Å². The summed E-state index contributed by atoms with van der Waals surface area (Å²) in [4.78, 5) is 18.3. The Morgan fingerprint density at radius 2 is 1.63 bits per heavy atom. The molecular weight excluding hydrogens is 370 g/mol. The van der Waals surface area contributed by atoms with E-state index in [0.29, 0.717) is 16.9 Å². The Bertz CT molecular complexity index is 1190. The average molecular weight is 396 g/mol. The monoisotopic (exact) mass is 395 g/mol. The van der Waals surface area contributed by atoms with Crippen molar-refractivity contribution in [3.05, 3.63) is 95.6 Å². The zero-order valence-corrected chi connectivity index (χ0v) is 17.2. The van der Waals surface area contributed by atoms with Crippen LogP contribution in [0.4, 0.5) is 5.69 Å². The van der Waals surface area contributed by atoms with E-state index in [1.165, 1.54) is 0 Å². The van der Waals surface area contributed by atoms with E-state index < -0.39 is 0 Å². The van der Waals surface area contributed by atoms with E-state index in [-0.39, 0.29) is 11.9 Å². The molecule has 150 valence electrons. The summed E-state index contributed by atoms with van der Waals surface area (Å²) in [6.45, 7) is 4.05. The van der Waals surface area contributed by atoms with Gasteiger partial charge in [0.2, 0.25) is 0 Å². The van der Waals surface area contributed by atoms with E-state index in [0.717, 1.165) is 34.0 Å². The number of hydrogen-bond donors (Lipinski definition) is 2. The van der Waals surface area contributed by atoms with Gasteiger partial charge in [-0.3, -0.25) is 4.79 Å². The van der Waals surface area contributed by atoms with Crippen molar-refractivity contribution in [2.45, 2.75) is 26.3 Å². The number of nitrogens with zero attached hydrogens (tertiary/aromatic N) is 1. The first-order valence-corrected chi connectivity index (χ1v) is 10.2. The van der Waals surface area contributed by atoms with Crippen LogP contribution in [-0.4, -0.2) is 10.9 Å². The lowest BCUT2D eigenvalue weighted by molar-refractivity contribution is 0.0938. The number of rotatable bonds is 5. The highest BCUT2D eigenvalue weighted by Gasteiger charge is 2.23. The summed E-state index contributed by atoms with van der Waals surface area (Å²) in [5.41, 5.74) is 11.8. The number of nitrogen functional groups attached to an aromatic ring is 1. The number of nitrogens with two attached hydrogens (primary N) is 1. The number of hydrogen-bond acceptors (Lipinski definition) is 3. The SMILES string of the molecule is CCC(NC(=O)c1c(N)c(-c2ccccc2)nc2cccc(C)c12)c1ccccc1. The number of pyridine rings is 1. The normalized spacial score (nSPS) is 11.9. The molecule has 1 atom stereocenters. The summed E-state index contributed by atoms with van der Waals surface area (Å²) >= 11 is 0. The minimum atomic E-state index is -0.179. The van der Waals surface area contributed by atoms with E-state index in [4.69, 9.17) is 10.7 Å². The molecule has 3 aromatic carbocycles. The topological polar surface area (TPSA) is 68.0 Å². The highest BCUT2D eigenvalue weighted by molar-refractivity contribution is 6.13. The van der Waals surface area contributed by atoms with Gasteiger partial charge in [-0.1, -0.05) is 79.7 Å². The number of nitrogens with one attached hydrogen (secondary N) is 1. The second kappa shape index (κ2) is 8.37. The lowest BCUT2D eigenvalue weighted by Gasteiger charge is -2.20.